The van der Waals surface area contributed by atoms with E-state index in [0.29, 0.717) is 11.4 Å². The number of anilines is 2. The second-order valence-corrected chi connectivity index (χ2v) is 9.21. The molecule has 3 aromatic carbocycles. The number of aliphatic carboxylic acids is 1. The number of rotatable bonds is 6. The standard InChI is InChI=1S/C28H31N3O4/c1-18-9-8-10-19(2)26(18)30-28(35)29-24-16-21-12-7-6-11-20(21)15-23(24)27(34)31(17-25(32)33)22-13-4-3-5-14-22/h6-12,15-16,22H,3-5,13-14,17H2,1-2H3,(H,32,33)(H2,29,30,35). The number of nitrogens with zero attached hydrogens (tertiary/aromatic N) is 1. The molecule has 0 saturated heterocycles. The van der Waals surface area contributed by atoms with Gasteiger partial charge in [-0.1, -0.05) is 61.7 Å². The topological polar surface area (TPSA) is 98.7 Å². The summed E-state index contributed by atoms with van der Waals surface area (Å²) in [5.41, 5.74) is 3.21. The van der Waals surface area contributed by atoms with Crippen molar-refractivity contribution in [2.24, 2.45) is 0 Å². The minimum Gasteiger partial charge on any atom is -0.480 e. The lowest BCUT2D eigenvalue weighted by Gasteiger charge is -2.33. The lowest BCUT2D eigenvalue weighted by molar-refractivity contribution is -0.138. The lowest BCUT2D eigenvalue weighted by atomic mass is 9.93. The molecule has 35 heavy (non-hydrogen) atoms. The van der Waals surface area contributed by atoms with Crippen LogP contribution in [0.25, 0.3) is 10.8 Å². The first-order valence-corrected chi connectivity index (χ1v) is 12.0. The SMILES string of the molecule is Cc1cccc(C)c1NC(=O)Nc1cc2ccccc2cc1C(=O)N(CC(=O)O)C1CCCCC1. The molecule has 4 rings (SSSR count). The van der Waals surface area contributed by atoms with E-state index in [1.165, 1.54) is 4.90 Å². The van der Waals surface area contributed by atoms with Gasteiger partial charge in [-0.05, 0) is 60.7 Å². The number of benzene rings is 3. The molecule has 3 N–H and O–H groups in total. The van der Waals surface area contributed by atoms with Crippen LogP contribution in [0.15, 0.2) is 54.6 Å². The molecule has 1 aliphatic carbocycles. The second kappa shape index (κ2) is 10.6. The zero-order chi connectivity index (χ0) is 24.9. The Hall–Kier alpha value is -3.87. The summed E-state index contributed by atoms with van der Waals surface area (Å²) >= 11 is 0. The van der Waals surface area contributed by atoms with Gasteiger partial charge in [0, 0.05) is 11.7 Å². The number of aryl methyl sites for hydroxylation is 2. The predicted molar refractivity (Wildman–Crippen MR) is 138 cm³/mol. The van der Waals surface area contributed by atoms with Gasteiger partial charge in [0.25, 0.3) is 5.91 Å². The van der Waals surface area contributed by atoms with E-state index >= 15 is 0 Å². The van der Waals surface area contributed by atoms with E-state index in [2.05, 4.69) is 10.6 Å². The Balaban J connectivity index is 1.70. The van der Waals surface area contributed by atoms with Crippen LogP contribution in [0.1, 0.15) is 53.6 Å². The first kappa shape index (κ1) is 24.3. The largest absolute Gasteiger partial charge is 0.480 e. The number of amides is 3. The molecule has 7 nitrogen and oxygen atoms in total. The summed E-state index contributed by atoms with van der Waals surface area (Å²) in [6.45, 7) is 3.47. The van der Waals surface area contributed by atoms with Gasteiger partial charge in [0.05, 0.1) is 11.3 Å². The van der Waals surface area contributed by atoms with Crippen LogP contribution in [0.4, 0.5) is 16.2 Å². The van der Waals surface area contributed by atoms with E-state index in [0.717, 1.165) is 54.0 Å². The van der Waals surface area contributed by atoms with Crippen LogP contribution in [0.2, 0.25) is 0 Å². The summed E-state index contributed by atoms with van der Waals surface area (Å²) in [6.07, 6.45) is 4.59. The molecule has 0 aromatic heterocycles. The molecule has 0 bridgehead atoms. The highest BCUT2D eigenvalue weighted by molar-refractivity contribution is 6.10. The molecule has 1 fully saturated rings. The van der Waals surface area contributed by atoms with Gasteiger partial charge >= 0.3 is 12.0 Å². The average molecular weight is 474 g/mol. The quantitative estimate of drug-likeness (QED) is 0.411. The van der Waals surface area contributed by atoms with Gasteiger partial charge in [-0.25, -0.2) is 4.79 Å². The molecule has 0 unspecified atom stereocenters. The first-order chi connectivity index (χ1) is 16.8. The van der Waals surface area contributed by atoms with Gasteiger partial charge in [-0.3, -0.25) is 9.59 Å². The molecule has 0 spiro atoms. The Morgan fingerprint density at radius 3 is 2.14 bits per heavy atom. The van der Waals surface area contributed by atoms with Crippen molar-refractivity contribution in [3.05, 3.63) is 71.3 Å². The third kappa shape index (κ3) is 5.62. The van der Waals surface area contributed by atoms with Gasteiger partial charge in [-0.2, -0.15) is 0 Å². The molecular formula is C28H31N3O4. The first-order valence-electron chi connectivity index (χ1n) is 12.0. The Morgan fingerprint density at radius 1 is 0.886 bits per heavy atom. The summed E-state index contributed by atoms with van der Waals surface area (Å²) in [4.78, 5) is 39.9. The summed E-state index contributed by atoms with van der Waals surface area (Å²) < 4.78 is 0. The number of urea groups is 1. The maximum absolute atomic E-state index is 13.8. The second-order valence-electron chi connectivity index (χ2n) is 9.21. The van der Waals surface area contributed by atoms with E-state index in [9.17, 15) is 19.5 Å². The van der Waals surface area contributed by atoms with E-state index in [-0.39, 0.29) is 24.1 Å². The lowest BCUT2D eigenvalue weighted by Crippen LogP contribution is -2.44. The molecule has 1 saturated carbocycles. The Kier molecular flexibility index (Phi) is 7.34. The van der Waals surface area contributed by atoms with Crippen LogP contribution in [0, 0.1) is 13.8 Å². The molecule has 3 amide bonds. The van der Waals surface area contributed by atoms with Crippen molar-refractivity contribution >= 4 is 40.1 Å². The van der Waals surface area contributed by atoms with Crippen LogP contribution >= 0.6 is 0 Å². The zero-order valence-corrected chi connectivity index (χ0v) is 20.1. The molecule has 0 atom stereocenters. The summed E-state index contributed by atoms with van der Waals surface area (Å²) in [7, 11) is 0. The van der Waals surface area contributed by atoms with Crippen molar-refractivity contribution in [2.75, 3.05) is 17.2 Å². The number of fused-ring (bicyclic) bond motifs is 1. The number of hydrogen-bond donors (Lipinski definition) is 3. The van der Waals surface area contributed by atoms with E-state index < -0.39 is 12.0 Å². The third-order valence-electron chi connectivity index (χ3n) is 6.67. The van der Waals surface area contributed by atoms with Gasteiger partial charge in [0.2, 0.25) is 0 Å². The number of para-hydroxylation sites is 1. The Labute approximate surface area is 205 Å². The average Bonchev–Trinajstić information content (AvgIpc) is 2.84. The molecule has 182 valence electrons. The van der Waals surface area contributed by atoms with Crippen molar-refractivity contribution in [3.63, 3.8) is 0 Å². The number of carboxylic acids is 1. The van der Waals surface area contributed by atoms with Crippen molar-refractivity contribution < 1.29 is 19.5 Å². The van der Waals surface area contributed by atoms with Gasteiger partial charge in [0.15, 0.2) is 0 Å². The van der Waals surface area contributed by atoms with Crippen LogP contribution in [-0.4, -0.2) is 40.5 Å². The highest BCUT2D eigenvalue weighted by atomic mass is 16.4. The fourth-order valence-electron chi connectivity index (χ4n) is 4.86. The van der Waals surface area contributed by atoms with Gasteiger partial charge in [-0.15, -0.1) is 0 Å². The predicted octanol–water partition coefficient (Wildman–Crippen LogP) is 5.96. The Bertz CT molecular complexity index is 1240. The highest BCUT2D eigenvalue weighted by Crippen LogP contribution is 2.29. The molecule has 3 aromatic rings. The molecule has 0 aliphatic heterocycles. The van der Waals surface area contributed by atoms with E-state index in [1.54, 1.807) is 12.1 Å². The number of carboxylic acid groups (broad SMARTS) is 1. The van der Waals surface area contributed by atoms with E-state index in [1.807, 2.05) is 56.3 Å². The van der Waals surface area contributed by atoms with Crippen molar-refractivity contribution in [3.8, 4) is 0 Å². The molecule has 7 heteroatoms. The number of nitrogens with one attached hydrogen (secondary N) is 2. The molecular weight excluding hydrogens is 442 g/mol. The van der Waals surface area contributed by atoms with Gasteiger partial charge < -0.3 is 20.6 Å². The van der Waals surface area contributed by atoms with E-state index in [4.69, 9.17) is 0 Å². The number of hydrogen-bond acceptors (Lipinski definition) is 3. The highest BCUT2D eigenvalue weighted by Gasteiger charge is 2.30. The summed E-state index contributed by atoms with van der Waals surface area (Å²) in [6, 6.07) is 16.3. The zero-order valence-electron chi connectivity index (χ0n) is 20.1. The summed E-state index contributed by atoms with van der Waals surface area (Å²) in [5.74, 6) is -1.43. The molecule has 0 radical (unpaired) electrons. The summed E-state index contributed by atoms with van der Waals surface area (Å²) in [5, 5.41) is 17.0. The van der Waals surface area contributed by atoms with Crippen molar-refractivity contribution in [2.45, 2.75) is 52.0 Å². The normalized spacial score (nSPS) is 13.9. The number of carbonyl (C=O) groups is 3. The maximum atomic E-state index is 13.8. The van der Waals surface area contributed by atoms with Crippen LogP contribution < -0.4 is 10.6 Å². The molecule has 1 aliphatic rings. The maximum Gasteiger partial charge on any atom is 0.323 e. The van der Waals surface area contributed by atoms with Crippen LogP contribution in [0.5, 0.6) is 0 Å². The Morgan fingerprint density at radius 2 is 1.51 bits per heavy atom. The third-order valence-corrected chi connectivity index (χ3v) is 6.67. The van der Waals surface area contributed by atoms with Crippen molar-refractivity contribution in [1.29, 1.82) is 0 Å². The minimum absolute atomic E-state index is 0.130. The van der Waals surface area contributed by atoms with Gasteiger partial charge in [0.1, 0.15) is 6.54 Å². The minimum atomic E-state index is -1.05. The van der Waals surface area contributed by atoms with Crippen LogP contribution in [-0.2, 0) is 4.79 Å². The smallest absolute Gasteiger partial charge is 0.323 e. The van der Waals surface area contributed by atoms with Crippen molar-refractivity contribution in [1.82, 2.24) is 4.90 Å². The fourth-order valence-corrected chi connectivity index (χ4v) is 4.86. The molecule has 0 heterocycles. The number of carbonyl (C=O) groups excluding carboxylic acids is 2. The fraction of sp³-hybridized carbons (Fsp3) is 0.321. The van der Waals surface area contributed by atoms with Crippen LogP contribution in [0.3, 0.4) is 0 Å². The monoisotopic (exact) mass is 473 g/mol.